The van der Waals surface area contributed by atoms with Crippen molar-refractivity contribution < 1.29 is 0 Å². The summed E-state index contributed by atoms with van der Waals surface area (Å²) in [6.07, 6.45) is 1.66. The van der Waals surface area contributed by atoms with Gasteiger partial charge in [-0.15, -0.1) is 0 Å². The molecule has 1 rings (SSSR count). The van der Waals surface area contributed by atoms with Crippen molar-refractivity contribution in [2.24, 2.45) is 0 Å². The highest BCUT2D eigenvalue weighted by Gasteiger charge is 2.02. The molecule has 0 amide bonds. The van der Waals surface area contributed by atoms with E-state index < -0.39 is 0 Å². The van der Waals surface area contributed by atoms with E-state index in [4.69, 9.17) is 23.2 Å². The van der Waals surface area contributed by atoms with Crippen molar-refractivity contribution in [3.8, 4) is 0 Å². The van der Waals surface area contributed by atoms with Gasteiger partial charge in [0.05, 0.1) is 5.02 Å². The molecule has 10 heavy (non-hydrogen) atoms. The predicted molar refractivity (Wildman–Crippen MR) is 43.7 cm³/mol. The first-order valence-corrected chi connectivity index (χ1v) is 3.65. The molecule has 0 aliphatic rings. The third-order valence-electron chi connectivity index (χ3n) is 1.36. The van der Waals surface area contributed by atoms with Crippen LogP contribution < -0.4 is 0 Å². The summed E-state index contributed by atoms with van der Waals surface area (Å²) in [5, 5.41) is 1.19. The quantitative estimate of drug-likeness (QED) is 0.553. The minimum Gasteiger partial charge on any atom is -0.244 e. The topological polar surface area (TPSA) is 12.9 Å². The average molecular weight is 176 g/mol. The number of rotatable bonds is 0. The lowest BCUT2D eigenvalue weighted by atomic mass is 10.2. The van der Waals surface area contributed by atoms with E-state index in [0.29, 0.717) is 10.2 Å². The Morgan fingerprint density at radius 3 is 2.40 bits per heavy atom. The molecule has 1 heterocycles. The normalized spacial score (nSPS) is 10.0. The molecule has 0 radical (unpaired) electrons. The maximum absolute atomic E-state index is 5.86. The number of aryl methyl sites for hydroxylation is 1. The first-order chi connectivity index (χ1) is 4.63. The van der Waals surface area contributed by atoms with Crippen LogP contribution in [0.3, 0.4) is 0 Å². The molecule has 3 heteroatoms. The lowest BCUT2D eigenvalue weighted by Crippen LogP contribution is -1.85. The number of nitrogens with zero attached hydrogens (tertiary/aromatic N) is 1. The SMILES string of the molecule is Cc1cnc(Cl)c(C)c1Cl. The number of aromatic nitrogens is 1. The van der Waals surface area contributed by atoms with Crippen LogP contribution in [0, 0.1) is 13.8 Å². The van der Waals surface area contributed by atoms with Crippen molar-refractivity contribution in [2.75, 3.05) is 0 Å². The third-order valence-corrected chi connectivity index (χ3v) is 2.32. The summed E-state index contributed by atoms with van der Waals surface area (Å²) in [6.45, 7) is 3.75. The van der Waals surface area contributed by atoms with E-state index >= 15 is 0 Å². The summed E-state index contributed by atoms with van der Waals surface area (Å²) >= 11 is 11.5. The van der Waals surface area contributed by atoms with E-state index in [1.165, 1.54) is 0 Å². The molecule has 1 nitrogen and oxygen atoms in total. The second kappa shape index (κ2) is 2.77. The van der Waals surface area contributed by atoms with Crippen LogP contribution in [0.1, 0.15) is 11.1 Å². The minimum absolute atomic E-state index is 0.482. The first-order valence-electron chi connectivity index (χ1n) is 2.90. The largest absolute Gasteiger partial charge is 0.244 e. The van der Waals surface area contributed by atoms with Crippen molar-refractivity contribution in [1.29, 1.82) is 0 Å². The third kappa shape index (κ3) is 1.25. The van der Waals surface area contributed by atoms with Crippen LogP contribution >= 0.6 is 23.2 Å². The molecule has 0 fully saturated rings. The van der Waals surface area contributed by atoms with Crippen LogP contribution in [0.2, 0.25) is 10.2 Å². The molecule has 0 aliphatic carbocycles. The highest BCUT2D eigenvalue weighted by molar-refractivity contribution is 6.35. The van der Waals surface area contributed by atoms with Gasteiger partial charge in [-0.3, -0.25) is 0 Å². The van der Waals surface area contributed by atoms with E-state index in [-0.39, 0.29) is 0 Å². The van der Waals surface area contributed by atoms with Gasteiger partial charge in [-0.2, -0.15) is 0 Å². The molecule has 0 unspecified atom stereocenters. The van der Waals surface area contributed by atoms with Crippen LogP contribution in [-0.4, -0.2) is 4.98 Å². The average Bonchev–Trinajstić information content (AvgIpc) is 1.93. The lowest BCUT2D eigenvalue weighted by molar-refractivity contribution is 1.22. The zero-order valence-corrected chi connectivity index (χ0v) is 7.29. The fraction of sp³-hybridized carbons (Fsp3) is 0.286. The molecule has 0 saturated heterocycles. The second-order valence-corrected chi connectivity index (χ2v) is 2.91. The van der Waals surface area contributed by atoms with Crippen molar-refractivity contribution in [1.82, 2.24) is 4.98 Å². The number of pyridine rings is 1. The van der Waals surface area contributed by atoms with Crippen LogP contribution in [0.4, 0.5) is 0 Å². The number of hydrogen-bond acceptors (Lipinski definition) is 1. The molecule has 0 bridgehead atoms. The molecular weight excluding hydrogens is 169 g/mol. The Balaban J connectivity index is 3.34. The van der Waals surface area contributed by atoms with Gasteiger partial charge in [-0.1, -0.05) is 23.2 Å². The molecule has 1 aromatic heterocycles. The van der Waals surface area contributed by atoms with E-state index in [1.807, 2.05) is 13.8 Å². The standard InChI is InChI=1S/C7H7Cl2N/c1-4-3-10-7(9)5(2)6(4)8/h3H,1-2H3. The summed E-state index contributed by atoms with van der Waals surface area (Å²) in [7, 11) is 0. The van der Waals surface area contributed by atoms with Crippen LogP contribution in [0.5, 0.6) is 0 Å². The summed E-state index contributed by atoms with van der Waals surface area (Å²) in [6, 6.07) is 0. The van der Waals surface area contributed by atoms with E-state index in [2.05, 4.69) is 4.98 Å². The van der Waals surface area contributed by atoms with Gasteiger partial charge < -0.3 is 0 Å². The molecule has 1 aromatic rings. The molecule has 0 saturated carbocycles. The Kier molecular flexibility index (Phi) is 2.17. The monoisotopic (exact) mass is 175 g/mol. The van der Waals surface area contributed by atoms with Crippen molar-refractivity contribution >= 4 is 23.2 Å². The Hall–Kier alpha value is -0.270. The summed E-state index contributed by atoms with van der Waals surface area (Å²) in [5.41, 5.74) is 1.81. The number of halogens is 2. The fourth-order valence-corrected chi connectivity index (χ4v) is 1.02. The van der Waals surface area contributed by atoms with Crippen molar-refractivity contribution in [3.05, 3.63) is 27.5 Å². The highest BCUT2D eigenvalue weighted by atomic mass is 35.5. The van der Waals surface area contributed by atoms with Gasteiger partial charge in [0.2, 0.25) is 0 Å². The van der Waals surface area contributed by atoms with Crippen LogP contribution in [-0.2, 0) is 0 Å². The van der Waals surface area contributed by atoms with Gasteiger partial charge in [0.25, 0.3) is 0 Å². The molecule has 54 valence electrons. The Labute approximate surface area is 70.0 Å². The summed E-state index contributed by atoms with van der Waals surface area (Å²) in [5.74, 6) is 0. The minimum atomic E-state index is 0.482. The maximum Gasteiger partial charge on any atom is 0.133 e. The van der Waals surface area contributed by atoms with E-state index in [9.17, 15) is 0 Å². The lowest BCUT2D eigenvalue weighted by Gasteiger charge is -2.01. The second-order valence-electron chi connectivity index (χ2n) is 2.17. The molecule has 0 aromatic carbocycles. The molecule has 0 N–H and O–H groups in total. The fourth-order valence-electron chi connectivity index (χ4n) is 0.693. The Bertz CT molecular complexity index is 231. The van der Waals surface area contributed by atoms with Crippen molar-refractivity contribution in [2.45, 2.75) is 13.8 Å². The van der Waals surface area contributed by atoms with Crippen molar-refractivity contribution in [3.63, 3.8) is 0 Å². The van der Waals surface area contributed by atoms with Gasteiger partial charge in [0.15, 0.2) is 0 Å². The van der Waals surface area contributed by atoms with Gasteiger partial charge in [-0.05, 0) is 19.4 Å². The van der Waals surface area contributed by atoms with Gasteiger partial charge in [0, 0.05) is 11.8 Å². The first kappa shape index (κ1) is 7.83. The van der Waals surface area contributed by atoms with Crippen LogP contribution in [0.15, 0.2) is 6.20 Å². The summed E-state index contributed by atoms with van der Waals surface area (Å²) in [4.78, 5) is 3.92. The van der Waals surface area contributed by atoms with E-state index in [0.717, 1.165) is 11.1 Å². The Morgan fingerprint density at radius 1 is 1.30 bits per heavy atom. The zero-order valence-electron chi connectivity index (χ0n) is 5.78. The Morgan fingerprint density at radius 2 is 1.90 bits per heavy atom. The van der Waals surface area contributed by atoms with Gasteiger partial charge in [0.1, 0.15) is 5.15 Å². The molecule has 0 atom stereocenters. The van der Waals surface area contributed by atoms with E-state index in [1.54, 1.807) is 6.20 Å². The zero-order chi connectivity index (χ0) is 7.72. The molecule has 0 spiro atoms. The highest BCUT2D eigenvalue weighted by Crippen LogP contribution is 2.23. The molecule has 0 aliphatic heterocycles. The summed E-state index contributed by atoms with van der Waals surface area (Å²) < 4.78 is 0. The maximum atomic E-state index is 5.86. The van der Waals surface area contributed by atoms with Gasteiger partial charge in [-0.25, -0.2) is 4.98 Å². The van der Waals surface area contributed by atoms with Crippen LogP contribution in [0.25, 0.3) is 0 Å². The number of hydrogen-bond donors (Lipinski definition) is 0. The van der Waals surface area contributed by atoms with Gasteiger partial charge >= 0.3 is 0 Å². The predicted octanol–water partition coefficient (Wildman–Crippen LogP) is 3.01. The smallest absolute Gasteiger partial charge is 0.133 e. The molecular formula is C7H7Cl2N.